The summed E-state index contributed by atoms with van der Waals surface area (Å²) in [6, 6.07) is 26.1. The number of anilines is 2. The molecule has 6 heteroatoms. The summed E-state index contributed by atoms with van der Waals surface area (Å²) in [5, 5.41) is 1.84. The zero-order valence-electron chi connectivity index (χ0n) is 15.5. The van der Waals surface area contributed by atoms with E-state index in [1.54, 1.807) is 18.2 Å². The van der Waals surface area contributed by atoms with E-state index < -0.39 is 10.0 Å². The van der Waals surface area contributed by atoms with Crippen LogP contribution in [0.4, 0.5) is 11.4 Å². The first-order valence-electron chi connectivity index (χ1n) is 9.40. The summed E-state index contributed by atoms with van der Waals surface area (Å²) in [7, 11) is -3.83. The molecule has 146 valence electrons. The molecule has 0 fully saturated rings. The second kappa shape index (κ2) is 6.20. The van der Waals surface area contributed by atoms with E-state index in [4.69, 9.17) is 4.42 Å². The van der Waals surface area contributed by atoms with Gasteiger partial charge in [-0.15, -0.1) is 0 Å². The average Bonchev–Trinajstić information content (AvgIpc) is 3.14. The van der Waals surface area contributed by atoms with E-state index in [1.807, 2.05) is 66.7 Å². The van der Waals surface area contributed by atoms with Gasteiger partial charge >= 0.3 is 0 Å². The predicted molar refractivity (Wildman–Crippen MR) is 123 cm³/mol. The lowest BCUT2D eigenvalue weighted by molar-refractivity contribution is 0.595. The Bertz CT molecular complexity index is 1590. The molecule has 1 aromatic heterocycles. The predicted octanol–water partition coefficient (Wildman–Crippen LogP) is 6.86. The molecular weight excluding hydrogens is 462 g/mol. The summed E-state index contributed by atoms with van der Waals surface area (Å²) >= 11 is 3.52. The smallest absolute Gasteiger partial charge is 0.269 e. The molecular formula is C24H14BrNO3S. The highest BCUT2D eigenvalue weighted by Crippen LogP contribution is 2.49. The zero-order chi connectivity index (χ0) is 20.5. The molecule has 30 heavy (non-hydrogen) atoms. The highest BCUT2D eigenvalue weighted by Gasteiger charge is 2.37. The van der Waals surface area contributed by atoms with Crippen LogP contribution in [0, 0.1) is 0 Å². The first kappa shape index (κ1) is 17.7. The van der Waals surface area contributed by atoms with Crippen molar-refractivity contribution in [3.05, 3.63) is 89.4 Å². The van der Waals surface area contributed by atoms with E-state index in [0.717, 1.165) is 26.4 Å². The summed E-state index contributed by atoms with van der Waals surface area (Å²) in [5.41, 5.74) is 3.93. The molecule has 5 aromatic rings. The van der Waals surface area contributed by atoms with Crippen molar-refractivity contribution < 1.29 is 12.8 Å². The number of halogens is 1. The van der Waals surface area contributed by atoms with Gasteiger partial charge in [0.05, 0.1) is 10.6 Å². The van der Waals surface area contributed by atoms with Crippen molar-refractivity contribution in [3.63, 3.8) is 0 Å². The van der Waals surface area contributed by atoms with Gasteiger partial charge in [0.15, 0.2) is 5.58 Å². The standard InChI is InChI=1S/C24H14BrNO3S/c25-15-12-13-20-19(14-15)17-7-2-4-11-23(17)30(27,28)26(20)21-9-5-8-18-16-6-1-3-10-22(16)29-24(18)21/h1-14H. The van der Waals surface area contributed by atoms with Crippen molar-refractivity contribution in [1.82, 2.24) is 0 Å². The zero-order valence-corrected chi connectivity index (χ0v) is 17.9. The van der Waals surface area contributed by atoms with Crippen LogP contribution in [-0.4, -0.2) is 8.42 Å². The van der Waals surface area contributed by atoms with Gasteiger partial charge in [0.25, 0.3) is 10.0 Å². The van der Waals surface area contributed by atoms with E-state index in [2.05, 4.69) is 15.9 Å². The number of hydrogen-bond acceptors (Lipinski definition) is 3. The summed E-state index contributed by atoms with van der Waals surface area (Å²) in [6.07, 6.45) is 0. The molecule has 1 aliphatic rings. The Hall–Kier alpha value is -3.09. The van der Waals surface area contributed by atoms with Gasteiger partial charge in [-0.05, 0) is 36.4 Å². The van der Waals surface area contributed by atoms with E-state index in [1.165, 1.54) is 4.31 Å². The SMILES string of the molecule is O=S1(=O)c2ccccc2-c2cc(Br)ccc2N1c1cccc2c1oc1ccccc12. The Morgan fingerprint density at radius 2 is 1.50 bits per heavy atom. The maximum atomic E-state index is 13.8. The van der Waals surface area contributed by atoms with E-state index in [-0.39, 0.29) is 4.90 Å². The fraction of sp³-hybridized carbons (Fsp3) is 0. The number of sulfonamides is 1. The number of fused-ring (bicyclic) bond motifs is 6. The molecule has 0 saturated carbocycles. The first-order chi connectivity index (χ1) is 14.6. The summed E-state index contributed by atoms with van der Waals surface area (Å²) in [6.45, 7) is 0. The lowest BCUT2D eigenvalue weighted by Gasteiger charge is -2.32. The summed E-state index contributed by atoms with van der Waals surface area (Å²) in [5.74, 6) is 0. The highest BCUT2D eigenvalue weighted by atomic mass is 79.9. The molecule has 0 atom stereocenters. The van der Waals surface area contributed by atoms with Crippen LogP contribution in [-0.2, 0) is 10.0 Å². The van der Waals surface area contributed by atoms with E-state index in [9.17, 15) is 8.42 Å². The monoisotopic (exact) mass is 475 g/mol. The highest BCUT2D eigenvalue weighted by molar-refractivity contribution is 9.10. The second-order valence-corrected chi connectivity index (χ2v) is 9.85. The molecule has 0 amide bonds. The first-order valence-corrected chi connectivity index (χ1v) is 11.6. The number of nitrogens with zero attached hydrogens (tertiary/aromatic N) is 1. The minimum Gasteiger partial charge on any atom is -0.454 e. The van der Waals surface area contributed by atoms with Crippen LogP contribution in [0.3, 0.4) is 0 Å². The molecule has 2 heterocycles. The van der Waals surface area contributed by atoms with Crippen LogP contribution in [0.5, 0.6) is 0 Å². The molecule has 0 spiro atoms. The third-order valence-electron chi connectivity index (χ3n) is 5.48. The van der Waals surface area contributed by atoms with Gasteiger partial charge in [0, 0.05) is 26.4 Å². The van der Waals surface area contributed by atoms with Gasteiger partial charge in [0.1, 0.15) is 11.3 Å². The Balaban J connectivity index is 1.74. The van der Waals surface area contributed by atoms with Crippen LogP contribution in [0.25, 0.3) is 33.1 Å². The van der Waals surface area contributed by atoms with Gasteiger partial charge in [0.2, 0.25) is 0 Å². The van der Waals surface area contributed by atoms with Crippen molar-refractivity contribution in [2.45, 2.75) is 4.90 Å². The van der Waals surface area contributed by atoms with E-state index in [0.29, 0.717) is 22.5 Å². The van der Waals surface area contributed by atoms with Crippen LogP contribution in [0.1, 0.15) is 0 Å². The van der Waals surface area contributed by atoms with Gasteiger partial charge in [-0.25, -0.2) is 12.7 Å². The van der Waals surface area contributed by atoms with Gasteiger partial charge in [-0.2, -0.15) is 0 Å². The van der Waals surface area contributed by atoms with Crippen molar-refractivity contribution in [1.29, 1.82) is 0 Å². The molecule has 0 radical (unpaired) electrons. The molecule has 4 aromatic carbocycles. The van der Waals surface area contributed by atoms with Crippen molar-refractivity contribution in [2.24, 2.45) is 0 Å². The number of para-hydroxylation sites is 2. The largest absolute Gasteiger partial charge is 0.454 e. The van der Waals surface area contributed by atoms with E-state index >= 15 is 0 Å². The third kappa shape index (κ3) is 2.35. The lowest BCUT2D eigenvalue weighted by Crippen LogP contribution is -2.30. The van der Waals surface area contributed by atoms with Crippen LogP contribution >= 0.6 is 15.9 Å². The topological polar surface area (TPSA) is 50.5 Å². The van der Waals surface area contributed by atoms with Crippen LogP contribution in [0.2, 0.25) is 0 Å². The Kier molecular flexibility index (Phi) is 3.67. The molecule has 0 aliphatic carbocycles. The van der Waals surface area contributed by atoms with Gasteiger partial charge in [-0.3, -0.25) is 0 Å². The molecule has 0 bridgehead atoms. The fourth-order valence-electron chi connectivity index (χ4n) is 4.19. The van der Waals surface area contributed by atoms with Crippen molar-refractivity contribution in [3.8, 4) is 11.1 Å². The normalized spacial score (nSPS) is 14.6. The summed E-state index contributed by atoms with van der Waals surface area (Å²) in [4.78, 5) is 0.281. The van der Waals surface area contributed by atoms with Gasteiger partial charge < -0.3 is 4.42 Å². The van der Waals surface area contributed by atoms with Crippen molar-refractivity contribution >= 4 is 59.3 Å². The number of rotatable bonds is 1. The average molecular weight is 476 g/mol. The Labute approximate surface area is 181 Å². The second-order valence-electron chi connectivity index (χ2n) is 7.18. The van der Waals surface area contributed by atoms with Gasteiger partial charge in [-0.1, -0.05) is 64.5 Å². The summed E-state index contributed by atoms with van der Waals surface area (Å²) < 4.78 is 36.0. The molecule has 0 saturated heterocycles. The quantitative estimate of drug-likeness (QED) is 0.266. The Morgan fingerprint density at radius 1 is 0.733 bits per heavy atom. The Morgan fingerprint density at radius 3 is 2.40 bits per heavy atom. The minimum absolute atomic E-state index is 0.281. The molecule has 6 rings (SSSR count). The fourth-order valence-corrected chi connectivity index (χ4v) is 6.28. The number of hydrogen-bond donors (Lipinski definition) is 0. The van der Waals surface area contributed by atoms with Crippen LogP contribution in [0.15, 0.2) is 98.7 Å². The minimum atomic E-state index is -3.83. The maximum absolute atomic E-state index is 13.8. The molecule has 0 unspecified atom stereocenters. The maximum Gasteiger partial charge on any atom is 0.269 e. The number of furan rings is 1. The third-order valence-corrected chi connectivity index (χ3v) is 7.75. The lowest BCUT2D eigenvalue weighted by atomic mass is 10.0. The molecule has 1 aliphatic heterocycles. The van der Waals surface area contributed by atoms with Crippen molar-refractivity contribution in [2.75, 3.05) is 4.31 Å². The van der Waals surface area contributed by atoms with Crippen LogP contribution < -0.4 is 4.31 Å². The molecule has 4 nitrogen and oxygen atoms in total. The number of benzene rings is 4. The molecule has 0 N–H and O–H groups in total.